The lowest BCUT2D eigenvalue weighted by atomic mass is 9.93. The maximum absolute atomic E-state index is 11.1. The number of aromatic nitrogens is 1. The molecule has 5 heteroatoms. The summed E-state index contributed by atoms with van der Waals surface area (Å²) in [5.74, 6) is 0.252. The molecule has 0 aromatic carbocycles. The van der Waals surface area contributed by atoms with Crippen molar-refractivity contribution >= 4 is 11.7 Å². The molecule has 1 aromatic heterocycles. The van der Waals surface area contributed by atoms with E-state index in [-0.39, 0.29) is 5.91 Å². The molecule has 1 heterocycles. The Hall–Kier alpha value is -2.09. The number of pyridine rings is 1. The Labute approximate surface area is 94.3 Å². The molecular formula is C11H14N4O. The first kappa shape index (κ1) is 12.0. The molecule has 0 aliphatic rings. The van der Waals surface area contributed by atoms with E-state index in [9.17, 15) is 4.79 Å². The molecule has 1 rings (SSSR count). The predicted octanol–water partition coefficient (Wildman–Crippen LogP) is 0.877. The number of hydrogen-bond acceptors (Lipinski definition) is 4. The van der Waals surface area contributed by atoms with Crippen molar-refractivity contribution in [2.24, 2.45) is 11.1 Å². The van der Waals surface area contributed by atoms with E-state index in [0.717, 1.165) is 0 Å². The van der Waals surface area contributed by atoms with Gasteiger partial charge in [0.15, 0.2) is 0 Å². The number of carbonyl (C=O) groups is 1. The molecule has 1 aromatic rings. The highest BCUT2D eigenvalue weighted by Crippen LogP contribution is 2.15. The molecule has 0 spiro atoms. The van der Waals surface area contributed by atoms with Gasteiger partial charge >= 0.3 is 0 Å². The van der Waals surface area contributed by atoms with Crippen molar-refractivity contribution in [3.05, 3.63) is 23.9 Å². The minimum atomic E-state index is -0.629. The van der Waals surface area contributed by atoms with E-state index in [0.29, 0.717) is 17.9 Å². The van der Waals surface area contributed by atoms with Crippen LogP contribution in [-0.2, 0) is 4.79 Å². The van der Waals surface area contributed by atoms with E-state index >= 15 is 0 Å². The Morgan fingerprint density at radius 2 is 2.31 bits per heavy atom. The van der Waals surface area contributed by atoms with Gasteiger partial charge in [-0.05, 0) is 26.0 Å². The van der Waals surface area contributed by atoms with Crippen molar-refractivity contribution in [1.82, 2.24) is 4.98 Å². The van der Waals surface area contributed by atoms with Gasteiger partial charge in [0.05, 0.1) is 11.0 Å². The van der Waals surface area contributed by atoms with Crippen LogP contribution in [0.2, 0.25) is 0 Å². The fraction of sp³-hybridized carbons (Fsp3) is 0.364. The van der Waals surface area contributed by atoms with Crippen LogP contribution < -0.4 is 11.1 Å². The molecule has 0 aliphatic heterocycles. The standard InChI is InChI=1S/C11H14N4O/c1-11(2,10(13)16)7-15-9-4-3-8(5-12)6-14-9/h3-4,6H,7H2,1-2H3,(H2,13,16)(H,14,15). The molecule has 3 N–H and O–H groups in total. The van der Waals surface area contributed by atoms with Gasteiger partial charge in [-0.1, -0.05) is 0 Å². The van der Waals surface area contributed by atoms with Crippen LogP contribution in [-0.4, -0.2) is 17.4 Å². The third-order valence-electron chi connectivity index (χ3n) is 2.27. The van der Waals surface area contributed by atoms with Gasteiger partial charge in [-0.15, -0.1) is 0 Å². The quantitative estimate of drug-likeness (QED) is 0.784. The summed E-state index contributed by atoms with van der Waals surface area (Å²) in [4.78, 5) is 15.1. The largest absolute Gasteiger partial charge is 0.369 e. The number of nitrogens with two attached hydrogens (primary N) is 1. The van der Waals surface area contributed by atoms with E-state index < -0.39 is 5.41 Å². The molecule has 84 valence electrons. The summed E-state index contributed by atoms with van der Waals surface area (Å²) in [7, 11) is 0. The van der Waals surface area contributed by atoms with Gasteiger partial charge in [-0.2, -0.15) is 5.26 Å². The van der Waals surface area contributed by atoms with Gasteiger partial charge in [0.25, 0.3) is 0 Å². The van der Waals surface area contributed by atoms with Crippen LogP contribution in [0.5, 0.6) is 0 Å². The highest BCUT2D eigenvalue weighted by atomic mass is 16.1. The van der Waals surface area contributed by atoms with Crippen LogP contribution in [0, 0.1) is 16.7 Å². The summed E-state index contributed by atoms with van der Waals surface area (Å²) in [6.45, 7) is 3.92. The molecule has 5 nitrogen and oxygen atoms in total. The van der Waals surface area contributed by atoms with Gasteiger partial charge in [0.1, 0.15) is 11.9 Å². The van der Waals surface area contributed by atoms with Gasteiger partial charge in [-0.25, -0.2) is 4.98 Å². The SMILES string of the molecule is CC(C)(CNc1ccc(C#N)cn1)C(N)=O. The predicted molar refractivity (Wildman–Crippen MR) is 60.4 cm³/mol. The van der Waals surface area contributed by atoms with Crippen molar-refractivity contribution in [1.29, 1.82) is 5.26 Å². The molecule has 1 amide bonds. The molecule has 0 aliphatic carbocycles. The maximum Gasteiger partial charge on any atom is 0.224 e. The van der Waals surface area contributed by atoms with Crippen molar-refractivity contribution < 1.29 is 4.79 Å². The summed E-state index contributed by atoms with van der Waals surface area (Å²) < 4.78 is 0. The third-order valence-corrected chi connectivity index (χ3v) is 2.27. The molecule has 0 radical (unpaired) electrons. The Morgan fingerprint density at radius 3 is 2.75 bits per heavy atom. The average Bonchev–Trinajstić information content (AvgIpc) is 2.27. The van der Waals surface area contributed by atoms with Crippen LogP contribution in [0.4, 0.5) is 5.82 Å². The summed E-state index contributed by atoms with van der Waals surface area (Å²) in [5, 5.41) is 11.6. The molecule has 0 atom stereocenters. The number of primary amides is 1. The van der Waals surface area contributed by atoms with Gasteiger partial charge in [-0.3, -0.25) is 4.79 Å². The monoisotopic (exact) mass is 218 g/mol. The van der Waals surface area contributed by atoms with Crippen LogP contribution in [0.3, 0.4) is 0 Å². The number of carbonyl (C=O) groups excluding carboxylic acids is 1. The first-order chi connectivity index (χ1) is 7.45. The topological polar surface area (TPSA) is 91.8 Å². The number of nitrogens with one attached hydrogen (secondary N) is 1. The third kappa shape index (κ3) is 2.95. The minimum Gasteiger partial charge on any atom is -0.369 e. The second kappa shape index (κ2) is 4.62. The zero-order valence-electron chi connectivity index (χ0n) is 9.32. The lowest BCUT2D eigenvalue weighted by Crippen LogP contribution is -2.37. The lowest BCUT2D eigenvalue weighted by molar-refractivity contribution is -0.125. The second-order valence-electron chi connectivity index (χ2n) is 4.15. The molecule has 0 fully saturated rings. The summed E-state index contributed by atoms with van der Waals surface area (Å²) >= 11 is 0. The molecular weight excluding hydrogens is 204 g/mol. The molecule has 0 saturated carbocycles. The molecule has 16 heavy (non-hydrogen) atoms. The van der Waals surface area contributed by atoms with Crippen LogP contribution in [0.25, 0.3) is 0 Å². The Bertz CT molecular complexity index is 417. The van der Waals surface area contributed by atoms with Crippen molar-refractivity contribution in [3.63, 3.8) is 0 Å². The van der Waals surface area contributed by atoms with E-state index in [1.807, 2.05) is 6.07 Å². The molecule has 0 bridgehead atoms. The van der Waals surface area contributed by atoms with E-state index in [2.05, 4.69) is 10.3 Å². The van der Waals surface area contributed by atoms with E-state index in [4.69, 9.17) is 11.0 Å². The maximum atomic E-state index is 11.1. The van der Waals surface area contributed by atoms with Crippen molar-refractivity contribution in [2.75, 3.05) is 11.9 Å². The fourth-order valence-corrected chi connectivity index (χ4v) is 0.963. The van der Waals surface area contributed by atoms with Crippen molar-refractivity contribution in [2.45, 2.75) is 13.8 Å². The second-order valence-corrected chi connectivity index (χ2v) is 4.15. The first-order valence-corrected chi connectivity index (χ1v) is 4.85. The smallest absolute Gasteiger partial charge is 0.224 e. The highest BCUT2D eigenvalue weighted by Gasteiger charge is 2.24. The minimum absolute atomic E-state index is 0.367. The average molecular weight is 218 g/mol. The Balaban J connectivity index is 2.62. The molecule has 0 saturated heterocycles. The zero-order chi connectivity index (χ0) is 12.2. The molecule has 0 unspecified atom stereocenters. The number of amides is 1. The normalized spacial score (nSPS) is 10.6. The van der Waals surface area contributed by atoms with Crippen molar-refractivity contribution in [3.8, 4) is 6.07 Å². The summed E-state index contributed by atoms with van der Waals surface area (Å²) in [6.07, 6.45) is 1.47. The Kier molecular flexibility index (Phi) is 3.46. The number of nitriles is 1. The van der Waals surface area contributed by atoms with E-state index in [1.165, 1.54) is 6.20 Å². The van der Waals surface area contributed by atoms with Crippen LogP contribution in [0.1, 0.15) is 19.4 Å². The number of anilines is 1. The van der Waals surface area contributed by atoms with Crippen LogP contribution in [0.15, 0.2) is 18.3 Å². The summed E-state index contributed by atoms with van der Waals surface area (Å²) in [5.41, 5.74) is 5.11. The lowest BCUT2D eigenvalue weighted by Gasteiger charge is -2.20. The van der Waals surface area contributed by atoms with Gasteiger partial charge < -0.3 is 11.1 Å². The fourth-order valence-electron chi connectivity index (χ4n) is 0.963. The van der Waals surface area contributed by atoms with Gasteiger partial charge in [0.2, 0.25) is 5.91 Å². The van der Waals surface area contributed by atoms with Gasteiger partial charge in [0, 0.05) is 12.7 Å². The number of nitrogens with zero attached hydrogens (tertiary/aromatic N) is 2. The van der Waals surface area contributed by atoms with E-state index in [1.54, 1.807) is 26.0 Å². The zero-order valence-corrected chi connectivity index (χ0v) is 9.32. The van der Waals surface area contributed by atoms with Crippen LogP contribution >= 0.6 is 0 Å². The number of rotatable bonds is 4. The summed E-state index contributed by atoms with van der Waals surface area (Å²) in [6, 6.07) is 5.33. The highest BCUT2D eigenvalue weighted by molar-refractivity contribution is 5.80. The number of hydrogen-bond donors (Lipinski definition) is 2. The Morgan fingerprint density at radius 1 is 1.62 bits per heavy atom. The first-order valence-electron chi connectivity index (χ1n) is 4.85.